The third-order valence-corrected chi connectivity index (χ3v) is 11.6. The SMILES string of the molecule is N#Cc1ccc(N(c2ccc(C#N)cc2)c2ccc(-c3c4ccccc4c(C=Cc4cc5ccc6cccc7c6c5c(c4)n7-c4ccccc4)c4ccccc34)nc2)cc1. The Hall–Kier alpha value is -8.51. The molecule has 5 nitrogen and oxygen atoms in total. The molecule has 0 saturated carbocycles. The Morgan fingerprint density at radius 1 is 0.483 bits per heavy atom. The first-order valence-corrected chi connectivity index (χ1v) is 19.9. The Labute approximate surface area is 346 Å². The number of fused-ring (bicyclic) bond motifs is 2. The van der Waals surface area contributed by atoms with Crippen molar-refractivity contribution < 1.29 is 0 Å². The topological polar surface area (TPSA) is 68.6 Å². The molecule has 5 heteroatoms. The molecule has 2 heterocycles. The van der Waals surface area contributed by atoms with Crippen molar-refractivity contribution in [1.29, 1.82) is 10.5 Å². The maximum Gasteiger partial charge on any atom is 0.0991 e. The third-order valence-electron chi connectivity index (χ3n) is 11.6. The van der Waals surface area contributed by atoms with Gasteiger partial charge in [-0.15, -0.1) is 0 Å². The second kappa shape index (κ2) is 14.1. The maximum absolute atomic E-state index is 9.46. The fourth-order valence-electron chi connectivity index (χ4n) is 8.95. The van der Waals surface area contributed by atoms with Crippen LogP contribution >= 0.6 is 0 Å². The van der Waals surface area contributed by atoms with E-state index in [0.29, 0.717) is 11.1 Å². The Kier molecular flexibility index (Phi) is 8.19. The standard InChI is InChI=1S/C55H33N5/c56-33-36-17-24-42(25-18-36)59(43-26-19-37(34-57)20-27-43)44-28-30-50(58-35-44)55-48-14-6-4-12-45(48)47(46-13-5-7-15-49(46)55)29-21-38-31-40-23-22-39-9-8-16-51-53(39)54(40)52(32-38)60(51)41-10-2-1-3-11-41/h1-32,35H. The molecule has 0 N–H and O–H groups in total. The van der Waals surface area contributed by atoms with Crippen LogP contribution in [0.2, 0.25) is 0 Å². The molecule has 11 rings (SSSR count). The quantitative estimate of drug-likeness (QED) is 0.0921. The van der Waals surface area contributed by atoms with Crippen molar-refractivity contribution in [2.24, 2.45) is 0 Å². The molecule has 278 valence electrons. The van der Waals surface area contributed by atoms with Crippen molar-refractivity contribution in [1.82, 2.24) is 9.55 Å². The third kappa shape index (κ3) is 5.65. The summed E-state index contributed by atoms with van der Waals surface area (Å²) in [6, 6.07) is 67.2. The van der Waals surface area contributed by atoms with Gasteiger partial charge in [0.05, 0.1) is 51.9 Å². The average Bonchev–Trinajstić information content (AvgIpc) is 3.66. The predicted molar refractivity (Wildman–Crippen MR) is 247 cm³/mol. The van der Waals surface area contributed by atoms with Crippen LogP contribution in [0, 0.1) is 22.7 Å². The van der Waals surface area contributed by atoms with Crippen LogP contribution in [0.15, 0.2) is 188 Å². The van der Waals surface area contributed by atoms with E-state index in [1.54, 1.807) is 0 Å². The van der Waals surface area contributed by atoms with Gasteiger partial charge >= 0.3 is 0 Å². The van der Waals surface area contributed by atoms with Crippen LogP contribution in [0.3, 0.4) is 0 Å². The maximum atomic E-state index is 9.46. The van der Waals surface area contributed by atoms with Crippen LogP contribution in [0.1, 0.15) is 22.3 Å². The molecular formula is C55H33N5. The van der Waals surface area contributed by atoms with Gasteiger partial charge in [0.1, 0.15) is 0 Å². The summed E-state index contributed by atoms with van der Waals surface area (Å²) in [7, 11) is 0. The zero-order valence-corrected chi connectivity index (χ0v) is 32.3. The molecule has 2 aromatic heterocycles. The minimum Gasteiger partial charge on any atom is -0.309 e. The molecule has 9 aromatic carbocycles. The number of hydrogen-bond donors (Lipinski definition) is 0. The Morgan fingerprint density at radius 3 is 1.68 bits per heavy atom. The Bertz CT molecular complexity index is 3420. The molecular weight excluding hydrogens is 731 g/mol. The van der Waals surface area contributed by atoms with Crippen molar-refractivity contribution in [3.05, 3.63) is 210 Å². The highest BCUT2D eigenvalue weighted by Gasteiger charge is 2.19. The normalized spacial score (nSPS) is 11.6. The number of benzene rings is 9. The minimum atomic E-state index is 0.585. The lowest BCUT2D eigenvalue weighted by Gasteiger charge is -2.25. The van der Waals surface area contributed by atoms with E-state index in [-0.39, 0.29) is 0 Å². The molecule has 0 unspecified atom stereocenters. The van der Waals surface area contributed by atoms with E-state index in [0.717, 1.165) is 66.7 Å². The molecule has 11 aromatic rings. The van der Waals surface area contributed by atoms with Crippen molar-refractivity contribution in [3.63, 3.8) is 0 Å². The summed E-state index contributed by atoms with van der Waals surface area (Å²) in [5, 5.41) is 28.5. The number of nitriles is 2. The van der Waals surface area contributed by atoms with E-state index in [4.69, 9.17) is 4.98 Å². The van der Waals surface area contributed by atoms with E-state index in [1.165, 1.54) is 32.6 Å². The number of nitrogens with zero attached hydrogens (tertiary/aromatic N) is 5. The molecule has 0 aliphatic heterocycles. The van der Waals surface area contributed by atoms with E-state index in [9.17, 15) is 10.5 Å². The molecule has 0 fully saturated rings. The van der Waals surface area contributed by atoms with Crippen molar-refractivity contribution in [3.8, 4) is 29.1 Å². The van der Waals surface area contributed by atoms with E-state index >= 15 is 0 Å². The smallest absolute Gasteiger partial charge is 0.0991 e. The molecule has 0 radical (unpaired) electrons. The summed E-state index contributed by atoms with van der Waals surface area (Å²) in [5.74, 6) is 0. The molecule has 0 spiro atoms. The molecule has 0 atom stereocenters. The number of aromatic nitrogens is 2. The number of rotatable bonds is 7. The average molecular weight is 764 g/mol. The van der Waals surface area contributed by atoms with Gasteiger partial charge in [0.25, 0.3) is 0 Å². The van der Waals surface area contributed by atoms with E-state index < -0.39 is 0 Å². The number of pyridine rings is 1. The minimum absolute atomic E-state index is 0.585. The van der Waals surface area contributed by atoms with Gasteiger partial charge in [-0.2, -0.15) is 10.5 Å². The second-order valence-electron chi connectivity index (χ2n) is 15.0. The lowest BCUT2D eigenvalue weighted by molar-refractivity contribution is 1.18. The Morgan fingerprint density at radius 2 is 1.07 bits per heavy atom. The highest BCUT2D eigenvalue weighted by Crippen LogP contribution is 2.43. The largest absolute Gasteiger partial charge is 0.309 e. The molecule has 0 aliphatic carbocycles. The highest BCUT2D eigenvalue weighted by molar-refractivity contribution is 6.25. The van der Waals surface area contributed by atoms with Gasteiger partial charge in [0.2, 0.25) is 0 Å². The fourth-order valence-corrected chi connectivity index (χ4v) is 8.95. The van der Waals surface area contributed by atoms with E-state index in [2.05, 4.69) is 167 Å². The van der Waals surface area contributed by atoms with Gasteiger partial charge in [0.15, 0.2) is 0 Å². The molecule has 0 aliphatic rings. The van der Waals surface area contributed by atoms with Crippen LogP contribution in [-0.2, 0) is 0 Å². The fraction of sp³-hybridized carbons (Fsp3) is 0. The number of anilines is 3. The predicted octanol–water partition coefficient (Wildman–Crippen LogP) is 14.1. The summed E-state index contributed by atoms with van der Waals surface area (Å²) >= 11 is 0. The number of hydrogen-bond acceptors (Lipinski definition) is 4. The zero-order chi connectivity index (χ0) is 40.2. The summed E-state index contributed by atoms with van der Waals surface area (Å²) in [4.78, 5) is 7.23. The van der Waals surface area contributed by atoms with Crippen LogP contribution in [-0.4, -0.2) is 9.55 Å². The lowest BCUT2D eigenvalue weighted by Crippen LogP contribution is -2.10. The lowest BCUT2D eigenvalue weighted by atomic mass is 9.89. The van der Waals surface area contributed by atoms with Crippen molar-refractivity contribution >= 4 is 83.3 Å². The van der Waals surface area contributed by atoms with Gasteiger partial charge in [-0.05, 0) is 134 Å². The van der Waals surface area contributed by atoms with Crippen molar-refractivity contribution in [2.45, 2.75) is 0 Å². The monoisotopic (exact) mass is 763 g/mol. The van der Waals surface area contributed by atoms with Crippen LogP contribution in [0.4, 0.5) is 17.1 Å². The summed E-state index contributed by atoms with van der Waals surface area (Å²) in [5.41, 5.74) is 11.6. The van der Waals surface area contributed by atoms with Gasteiger partial charge in [0, 0.05) is 33.4 Å². The van der Waals surface area contributed by atoms with E-state index in [1.807, 2.05) is 54.7 Å². The summed E-state index contributed by atoms with van der Waals surface area (Å²) in [6.07, 6.45) is 6.44. The number of para-hydroxylation sites is 1. The van der Waals surface area contributed by atoms with Gasteiger partial charge in [-0.25, -0.2) is 0 Å². The van der Waals surface area contributed by atoms with Crippen molar-refractivity contribution in [2.75, 3.05) is 4.90 Å². The summed E-state index contributed by atoms with van der Waals surface area (Å²) in [6.45, 7) is 0. The zero-order valence-electron chi connectivity index (χ0n) is 32.3. The summed E-state index contributed by atoms with van der Waals surface area (Å²) < 4.78 is 2.40. The van der Waals surface area contributed by atoms with Crippen LogP contribution in [0.5, 0.6) is 0 Å². The van der Waals surface area contributed by atoms with Gasteiger partial charge in [-0.3, -0.25) is 4.98 Å². The first kappa shape index (κ1) is 34.7. The van der Waals surface area contributed by atoms with Gasteiger partial charge in [-0.1, -0.05) is 103 Å². The van der Waals surface area contributed by atoms with Gasteiger partial charge < -0.3 is 9.47 Å². The molecule has 0 bridgehead atoms. The molecule has 60 heavy (non-hydrogen) atoms. The molecule has 0 amide bonds. The Balaban J connectivity index is 1.04. The first-order valence-electron chi connectivity index (χ1n) is 19.9. The molecule has 0 saturated heterocycles. The highest BCUT2D eigenvalue weighted by atomic mass is 15.1. The van der Waals surface area contributed by atoms with Crippen LogP contribution in [0.25, 0.3) is 83.2 Å². The second-order valence-corrected chi connectivity index (χ2v) is 15.0. The van der Waals surface area contributed by atoms with Crippen LogP contribution < -0.4 is 4.90 Å². The first-order chi connectivity index (χ1) is 29.7.